The number of hydrogen-bond acceptors (Lipinski definition) is 8. The highest BCUT2D eigenvalue weighted by molar-refractivity contribution is 5.98. The largest absolute Gasteiger partial charge is 0.467 e. The van der Waals surface area contributed by atoms with Gasteiger partial charge in [0.2, 0.25) is 5.91 Å². The van der Waals surface area contributed by atoms with Crippen molar-refractivity contribution in [3.8, 4) is 0 Å². The molecule has 0 saturated carbocycles. The summed E-state index contributed by atoms with van der Waals surface area (Å²) in [6, 6.07) is 3.17. The number of rotatable bonds is 8. The molecule has 0 aromatic carbocycles. The fourth-order valence-electron chi connectivity index (χ4n) is 4.54. The number of amides is 3. The average Bonchev–Trinajstić information content (AvgIpc) is 3.37. The van der Waals surface area contributed by atoms with Gasteiger partial charge in [-0.25, -0.2) is 14.8 Å². The van der Waals surface area contributed by atoms with Crippen LogP contribution in [0.25, 0.3) is 0 Å². The number of nitrogens with one attached hydrogen (secondary N) is 1. The second kappa shape index (κ2) is 12.3. The number of primary amides is 1. The van der Waals surface area contributed by atoms with Crippen LogP contribution in [0.1, 0.15) is 83.8 Å². The molecule has 40 heavy (non-hydrogen) atoms. The van der Waals surface area contributed by atoms with E-state index in [4.69, 9.17) is 19.9 Å². The Balaban J connectivity index is 1.99. The van der Waals surface area contributed by atoms with E-state index in [1.165, 1.54) is 4.90 Å². The summed E-state index contributed by atoms with van der Waals surface area (Å²) in [5, 5.41) is 3.25. The molecule has 3 rings (SSSR count). The van der Waals surface area contributed by atoms with Crippen LogP contribution >= 0.6 is 0 Å². The predicted octanol–water partition coefficient (Wildman–Crippen LogP) is 4.19. The lowest BCUT2D eigenvalue weighted by Crippen LogP contribution is -2.57. The summed E-state index contributed by atoms with van der Waals surface area (Å²) in [5.74, 6) is 0.347. The number of carbonyl (C=O) groups is 3. The Hall–Kier alpha value is -3.63. The first kappa shape index (κ1) is 30.9. The van der Waals surface area contributed by atoms with Gasteiger partial charge >= 0.3 is 6.09 Å². The molecule has 0 spiro atoms. The topological polar surface area (TPSA) is 144 Å². The lowest BCUT2D eigenvalue weighted by atomic mass is 9.91. The fraction of sp³-hybridized carbons (Fsp3) is 0.621. The van der Waals surface area contributed by atoms with Gasteiger partial charge in [0.05, 0.1) is 24.8 Å². The van der Waals surface area contributed by atoms with Crippen molar-refractivity contribution >= 4 is 23.7 Å². The maximum atomic E-state index is 14.2. The minimum absolute atomic E-state index is 0.113. The van der Waals surface area contributed by atoms with Gasteiger partial charge in [-0.3, -0.25) is 9.59 Å². The Bertz CT molecular complexity index is 1180. The number of nitrogens with zero attached hydrogens (tertiary/aromatic N) is 4. The van der Waals surface area contributed by atoms with E-state index in [1.54, 1.807) is 44.2 Å². The van der Waals surface area contributed by atoms with E-state index >= 15 is 0 Å². The molecule has 220 valence electrons. The molecule has 0 aliphatic carbocycles. The predicted molar refractivity (Wildman–Crippen MR) is 152 cm³/mol. The third-order valence-electron chi connectivity index (χ3n) is 6.45. The van der Waals surface area contributed by atoms with Gasteiger partial charge in [0.15, 0.2) is 0 Å². The number of hydrogen-bond donors (Lipinski definition) is 2. The first-order chi connectivity index (χ1) is 18.5. The highest BCUT2D eigenvalue weighted by atomic mass is 16.6. The summed E-state index contributed by atoms with van der Waals surface area (Å²) in [6.45, 7) is 16.5. The van der Waals surface area contributed by atoms with Gasteiger partial charge in [-0.2, -0.15) is 0 Å². The molecule has 0 unspecified atom stereocenters. The van der Waals surface area contributed by atoms with E-state index in [9.17, 15) is 14.4 Å². The Morgan fingerprint density at radius 3 is 2.45 bits per heavy atom. The fourth-order valence-corrected chi connectivity index (χ4v) is 4.54. The number of anilines is 1. The third-order valence-corrected chi connectivity index (χ3v) is 6.45. The van der Waals surface area contributed by atoms with Crippen molar-refractivity contribution < 1.29 is 23.5 Å². The Labute approximate surface area is 236 Å². The molecule has 2 aromatic rings. The quantitative estimate of drug-likeness (QED) is 0.493. The van der Waals surface area contributed by atoms with E-state index in [0.29, 0.717) is 42.5 Å². The molecule has 0 bridgehead atoms. The van der Waals surface area contributed by atoms with Crippen molar-refractivity contribution in [1.82, 2.24) is 19.8 Å². The van der Waals surface area contributed by atoms with Crippen LogP contribution < -0.4 is 11.1 Å². The number of carbonyl (C=O) groups excluding carboxylic acids is 3. The van der Waals surface area contributed by atoms with Gasteiger partial charge in [0.1, 0.15) is 28.6 Å². The van der Waals surface area contributed by atoms with Gasteiger partial charge in [-0.1, -0.05) is 34.6 Å². The molecule has 0 radical (unpaired) electrons. The van der Waals surface area contributed by atoms with E-state index in [2.05, 4.69) is 10.3 Å². The lowest BCUT2D eigenvalue weighted by Gasteiger charge is -2.42. The molecule has 11 nitrogen and oxygen atoms in total. The van der Waals surface area contributed by atoms with Crippen molar-refractivity contribution in [2.75, 3.05) is 25.0 Å². The molecule has 2 atom stereocenters. The average molecular weight is 557 g/mol. The zero-order chi connectivity index (χ0) is 29.8. The Kier molecular flexibility index (Phi) is 9.48. The molecule has 1 fully saturated rings. The van der Waals surface area contributed by atoms with Crippen molar-refractivity contribution in [1.29, 1.82) is 0 Å². The number of piperidine rings is 1. The van der Waals surface area contributed by atoms with Crippen LogP contribution in [0.2, 0.25) is 0 Å². The number of furan rings is 1. The van der Waals surface area contributed by atoms with E-state index < -0.39 is 29.6 Å². The molecule has 1 aliphatic rings. The Morgan fingerprint density at radius 2 is 1.90 bits per heavy atom. The molecular weight excluding hydrogens is 512 g/mol. The van der Waals surface area contributed by atoms with Crippen LogP contribution in [-0.2, 0) is 21.5 Å². The van der Waals surface area contributed by atoms with Crippen molar-refractivity contribution in [2.45, 2.75) is 85.4 Å². The minimum Gasteiger partial charge on any atom is -0.467 e. The summed E-state index contributed by atoms with van der Waals surface area (Å²) < 4.78 is 11.0. The second-order valence-electron chi connectivity index (χ2n) is 12.9. The summed E-state index contributed by atoms with van der Waals surface area (Å²) in [6.07, 6.45) is 2.93. The maximum absolute atomic E-state index is 14.2. The van der Waals surface area contributed by atoms with Gasteiger partial charge in [-0.15, -0.1) is 0 Å². The molecule has 1 aliphatic heterocycles. The monoisotopic (exact) mass is 556 g/mol. The molecule has 11 heteroatoms. The first-order valence-corrected chi connectivity index (χ1v) is 13.8. The zero-order valence-electron chi connectivity index (χ0n) is 25.0. The van der Waals surface area contributed by atoms with Crippen LogP contribution in [0.3, 0.4) is 0 Å². The molecular formula is C29H44N6O5. The lowest BCUT2D eigenvalue weighted by molar-refractivity contribution is -0.124. The SMILES string of the molecule is CC(C)CN(C(=O)c1cnc(C(C)(C)C)nc1NCc1ccco1)[C@H]1C[C@@H](C(N)=O)CN(C(=O)OC(C)(C)C)C1. The molecule has 2 aromatic heterocycles. The first-order valence-electron chi connectivity index (χ1n) is 13.8. The Morgan fingerprint density at radius 1 is 1.20 bits per heavy atom. The van der Waals surface area contributed by atoms with E-state index in [0.717, 1.165) is 0 Å². The second-order valence-corrected chi connectivity index (χ2v) is 12.9. The van der Waals surface area contributed by atoms with Crippen LogP contribution in [0.5, 0.6) is 0 Å². The summed E-state index contributed by atoms with van der Waals surface area (Å²) in [4.78, 5) is 52.0. The highest BCUT2D eigenvalue weighted by Crippen LogP contribution is 2.28. The minimum atomic E-state index is -0.708. The van der Waals surface area contributed by atoms with Gasteiger partial charge in [0.25, 0.3) is 5.91 Å². The summed E-state index contributed by atoms with van der Waals surface area (Å²) >= 11 is 0. The van der Waals surface area contributed by atoms with Crippen LogP contribution in [0, 0.1) is 11.8 Å². The van der Waals surface area contributed by atoms with Crippen molar-refractivity contribution in [2.24, 2.45) is 17.6 Å². The molecule has 1 saturated heterocycles. The molecule has 3 N–H and O–H groups in total. The van der Waals surface area contributed by atoms with Crippen molar-refractivity contribution in [3.63, 3.8) is 0 Å². The van der Waals surface area contributed by atoms with E-state index in [-0.39, 0.29) is 30.3 Å². The zero-order valence-corrected chi connectivity index (χ0v) is 25.0. The van der Waals surface area contributed by atoms with Gasteiger partial charge in [-0.05, 0) is 45.2 Å². The number of aromatic nitrogens is 2. The smallest absolute Gasteiger partial charge is 0.410 e. The normalized spacial score (nSPS) is 18.0. The van der Waals surface area contributed by atoms with Gasteiger partial charge in [0, 0.05) is 31.2 Å². The molecule has 3 amide bonds. The highest BCUT2D eigenvalue weighted by Gasteiger charge is 2.39. The number of ether oxygens (including phenoxy) is 1. The van der Waals surface area contributed by atoms with E-state index in [1.807, 2.05) is 40.7 Å². The van der Waals surface area contributed by atoms with Crippen LogP contribution in [0.4, 0.5) is 10.6 Å². The van der Waals surface area contributed by atoms with Crippen molar-refractivity contribution in [3.05, 3.63) is 41.7 Å². The third kappa shape index (κ3) is 8.19. The number of likely N-dealkylation sites (tertiary alicyclic amines) is 1. The van der Waals surface area contributed by atoms with Gasteiger partial charge < -0.3 is 30.0 Å². The van der Waals surface area contributed by atoms with Crippen LogP contribution in [-0.4, -0.2) is 69.0 Å². The number of nitrogens with two attached hydrogens (primary N) is 1. The summed E-state index contributed by atoms with van der Waals surface area (Å²) in [7, 11) is 0. The maximum Gasteiger partial charge on any atom is 0.410 e. The van der Waals surface area contributed by atoms with Crippen LogP contribution in [0.15, 0.2) is 29.0 Å². The molecule has 3 heterocycles. The summed E-state index contributed by atoms with van der Waals surface area (Å²) in [5.41, 5.74) is 4.96. The standard InChI is InChI=1S/C29H44N6O5/c1-18(2)15-35(20-12-19(23(30)36)16-34(17-20)27(38)40-29(6,7)8)25(37)22-14-32-26(28(3,4)5)33-24(22)31-13-21-10-9-11-39-21/h9-11,14,18-20H,12-13,15-17H2,1-8H3,(H2,30,36)(H,31,32,33)/t19-,20+/m1/s1.